The fourth-order valence-corrected chi connectivity index (χ4v) is 2.00. The van der Waals surface area contributed by atoms with Crippen LogP contribution in [0.25, 0.3) is 0 Å². The van der Waals surface area contributed by atoms with Gasteiger partial charge < -0.3 is 11.1 Å². The van der Waals surface area contributed by atoms with Crippen LogP contribution in [0.2, 0.25) is 0 Å². The molecule has 2 rings (SSSR count). The molecule has 0 saturated heterocycles. The van der Waals surface area contributed by atoms with Crippen molar-refractivity contribution in [2.24, 2.45) is 0 Å². The number of benzene rings is 1. The van der Waals surface area contributed by atoms with Gasteiger partial charge in [0.25, 0.3) is 5.91 Å². The molecule has 0 aliphatic carbocycles. The largest absolute Gasteiger partial charge is 0.399 e. The van der Waals surface area contributed by atoms with Crippen LogP contribution in [-0.2, 0) is 0 Å². The summed E-state index contributed by atoms with van der Waals surface area (Å²) in [5, 5.41) is 2.81. The molecule has 5 heteroatoms. The van der Waals surface area contributed by atoms with Gasteiger partial charge in [0.05, 0.1) is 0 Å². The van der Waals surface area contributed by atoms with Crippen molar-refractivity contribution in [3.05, 3.63) is 52.3 Å². The van der Waals surface area contributed by atoms with E-state index in [-0.39, 0.29) is 5.91 Å². The number of aromatic nitrogens is 1. The Morgan fingerprint density at radius 2 is 2.17 bits per heavy atom. The van der Waals surface area contributed by atoms with Crippen LogP contribution in [0.4, 0.5) is 11.4 Å². The molecule has 1 aromatic carbocycles. The molecule has 18 heavy (non-hydrogen) atoms. The van der Waals surface area contributed by atoms with Crippen LogP contribution in [0, 0.1) is 6.92 Å². The minimum atomic E-state index is -0.254. The second kappa shape index (κ2) is 5.18. The maximum atomic E-state index is 12.0. The Balaban J connectivity index is 2.24. The molecule has 0 aliphatic rings. The number of carbonyl (C=O) groups excluding carboxylic acids is 1. The summed E-state index contributed by atoms with van der Waals surface area (Å²) in [6, 6.07) is 8.87. The lowest BCUT2D eigenvalue weighted by molar-refractivity contribution is 0.102. The molecule has 3 N–H and O–H groups in total. The monoisotopic (exact) mass is 305 g/mol. The summed E-state index contributed by atoms with van der Waals surface area (Å²) < 4.78 is 0.663. The summed E-state index contributed by atoms with van der Waals surface area (Å²) in [5.74, 6) is -0.254. The second-order valence-electron chi connectivity index (χ2n) is 3.86. The number of halogens is 1. The summed E-state index contributed by atoms with van der Waals surface area (Å²) >= 11 is 3.30. The van der Waals surface area contributed by atoms with E-state index in [1.807, 2.05) is 13.0 Å². The third-order valence-electron chi connectivity index (χ3n) is 2.47. The van der Waals surface area contributed by atoms with Crippen LogP contribution in [0.15, 0.2) is 41.0 Å². The van der Waals surface area contributed by atoms with Crippen molar-refractivity contribution in [3.63, 3.8) is 0 Å². The molecule has 92 valence electrons. The van der Waals surface area contributed by atoms with Gasteiger partial charge in [-0.05, 0) is 58.7 Å². The smallest absolute Gasteiger partial charge is 0.275 e. The molecule has 0 bridgehead atoms. The first-order valence-corrected chi connectivity index (χ1v) is 6.15. The SMILES string of the molecule is Cc1cc(N)ccc1NC(=O)c1ncccc1Br. The number of nitrogen functional groups attached to an aromatic ring is 1. The van der Waals surface area contributed by atoms with Crippen LogP contribution < -0.4 is 11.1 Å². The van der Waals surface area contributed by atoms with Crippen molar-refractivity contribution < 1.29 is 4.79 Å². The van der Waals surface area contributed by atoms with Crippen LogP contribution >= 0.6 is 15.9 Å². The zero-order chi connectivity index (χ0) is 13.1. The number of nitrogens with two attached hydrogens (primary N) is 1. The van der Waals surface area contributed by atoms with Gasteiger partial charge in [0.1, 0.15) is 5.69 Å². The number of pyridine rings is 1. The first kappa shape index (κ1) is 12.6. The molecule has 1 heterocycles. The van der Waals surface area contributed by atoms with Crippen LogP contribution in [0.1, 0.15) is 16.1 Å². The van der Waals surface area contributed by atoms with Crippen LogP contribution in [0.3, 0.4) is 0 Å². The highest BCUT2D eigenvalue weighted by Crippen LogP contribution is 2.20. The van der Waals surface area contributed by atoms with E-state index in [9.17, 15) is 4.79 Å². The quantitative estimate of drug-likeness (QED) is 0.838. The zero-order valence-corrected chi connectivity index (χ0v) is 11.4. The van der Waals surface area contributed by atoms with E-state index >= 15 is 0 Å². The highest BCUT2D eigenvalue weighted by Gasteiger charge is 2.12. The van der Waals surface area contributed by atoms with E-state index < -0.39 is 0 Å². The van der Waals surface area contributed by atoms with Gasteiger partial charge in [-0.2, -0.15) is 0 Å². The maximum Gasteiger partial charge on any atom is 0.275 e. The Bertz CT molecular complexity index is 599. The predicted octanol–water partition coefficient (Wildman–Crippen LogP) is 2.99. The number of amides is 1. The molecule has 4 nitrogen and oxygen atoms in total. The topological polar surface area (TPSA) is 68.0 Å². The Labute approximate surface area is 113 Å². The minimum Gasteiger partial charge on any atom is -0.399 e. The van der Waals surface area contributed by atoms with E-state index in [0.717, 1.165) is 11.3 Å². The van der Waals surface area contributed by atoms with Gasteiger partial charge in [-0.25, -0.2) is 4.98 Å². The number of nitrogens with one attached hydrogen (secondary N) is 1. The van der Waals surface area contributed by atoms with Crippen molar-refractivity contribution >= 4 is 33.2 Å². The number of nitrogens with zero attached hydrogens (tertiary/aromatic N) is 1. The number of rotatable bonds is 2. The lowest BCUT2D eigenvalue weighted by Gasteiger charge is -2.09. The van der Waals surface area contributed by atoms with Crippen molar-refractivity contribution in [2.45, 2.75) is 6.92 Å². The number of hydrogen-bond donors (Lipinski definition) is 2. The van der Waals surface area contributed by atoms with Gasteiger partial charge in [0.15, 0.2) is 0 Å². The number of anilines is 2. The van der Waals surface area contributed by atoms with Gasteiger partial charge in [0.2, 0.25) is 0 Å². The van der Waals surface area contributed by atoms with Crippen molar-refractivity contribution in [1.82, 2.24) is 4.98 Å². The fourth-order valence-electron chi connectivity index (χ4n) is 1.56. The third kappa shape index (κ3) is 2.68. The summed E-state index contributed by atoms with van der Waals surface area (Å²) in [5.41, 5.74) is 8.33. The highest BCUT2D eigenvalue weighted by molar-refractivity contribution is 9.10. The molecule has 2 aromatic rings. The van der Waals surface area contributed by atoms with E-state index in [4.69, 9.17) is 5.73 Å². The maximum absolute atomic E-state index is 12.0. The molecule has 0 fully saturated rings. The van der Waals surface area contributed by atoms with E-state index in [1.165, 1.54) is 0 Å². The first-order chi connectivity index (χ1) is 8.58. The van der Waals surface area contributed by atoms with Gasteiger partial charge in [-0.3, -0.25) is 4.79 Å². The molecule has 0 saturated carbocycles. The lowest BCUT2D eigenvalue weighted by Crippen LogP contribution is -2.15. The number of aryl methyl sites for hydroxylation is 1. The standard InChI is InChI=1S/C13H12BrN3O/c1-8-7-9(15)4-5-11(8)17-13(18)12-10(14)3-2-6-16-12/h2-7H,15H2,1H3,(H,17,18). The lowest BCUT2D eigenvalue weighted by atomic mass is 10.1. The van der Waals surface area contributed by atoms with Crippen molar-refractivity contribution in [2.75, 3.05) is 11.1 Å². The molecule has 0 radical (unpaired) electrons. The molecule has 0 spiro atoms. The third-order valence-corrected chi connectivity index (χ3v) is 3.11. The first-order valence-electron chi connectivity index (χ1n) is 5.36. The number of carbonyl (C=O) groups is 1. The molecule has 1 aromatic heterocycles. The molecule has 0 unspecified atom stereocenters. The Hall–Kier alpha value is -1.88. The van der Waals surface area contributed by atoms with Gasteiger partial charge in [-0.1, -0.05) is 0 Å². The summed E-state index contributed by atoms with van der Waals surface area (Å²) in [6.45, 7) is 1.89. The normalized spacial score (nSPS) is 10.1. The summed E-state index contributed by atoms with van der Waals surface area (Å²) in [7, 11) is 0. The highest BCUT2D eigenvalue weighted by atomic mass is 79.9. The molecule has 0 aliphatic heterocycles. The number of hydrogen-bond acceptors (Lipinski definition) is 3. The van der Waals surface area contributed by atoms with Crippen LogP contribution in [0.5, 0.6) is 0 Å². The predicted molar refractivity (Wildman–Crippen MR) is 75.5 cm³/mol. The summed E-state index contributed by atoms with van der Waals surface area (Å²) in [4.78, 5) is 16.1. The zero-order valence-electron chi connectivity index (χ0n) is 9.77. The average Bonchev–Trinajstić information content (AvgIpc) is 2.33. The minimum absolute atomic E-state index is 0.254. The fraction of sp³-hybridized carbons (Fsp3) is 0.0769. The summed E-state index contributed by atoms with van der Waals surface area (Å²) in [6.07, 6.45) is 1.58. The Morgan fingerprint density at radius 1 is 1.39 bits per heavy atom. The van der Waals surface area contributed by atoms with Crippen LogP contribution in [-0.4, -0.2) is 10.9 Å². The molecular formula is C13H12BrN3O. The molecule has 0 atom stereocenters. The Morgan fingerprint density at radius 3 is 2.83 bits per heavy atom. The Kier molecular flexibility index (Phi) is 3.62. The van der Waals surface area contributed by atoms with Gasteiger partial charge in [0, 0.05) is 22.0 Å². The van der Waals surface area contributed by atoms with Gasteiger partial charge >= 0.3 is 0 Å². The second-order valence-corrected chi connectivity index (χ2v) is 4.72. The molecular weight excluding hydrogens is 294 g/mol. The van der Waals surface area contributed by atoms with E-state index in [0.29, 0.717) is 15.9 Å². The van der Waals surface area contributed by atoms with Crippen molar-refractivity contribution in [3.8, 4) is 0 Å². The van der Waals surface area contributed by atoms with E-state index in [2.05, 4.69) is 26.2 Å². The molecule has 1 amide bonds. The van der Waals surface area contributed by atoms with Crippen molar-refractivity contribution in [1.29, 1.82) is 0 Å². The van der Waals surface area contributed by atoms with E-state index in [1.54, 1.807) is 30.5 Å². The average molecular weight is 306 g/mol. The van der Waals surface area contributed by atoms with Gasteiger partial charge in [-0.15, -0.1) is 0 Å².